The molecule has 0 saturated heterocycles. The zero-order valence-electron chi connectivity index (χ0n) is 10.1. The van der Waals surface area contributed by atoms with Crippen LogP contribution in [0.5, 0.6) is 5.75 Å². The van der Waals surface area contributed by atoms with Gasteiger partial charge < -0.3 is 21.3 Å². The minimum atomic E-state index is -1.17. The molecular weight excluding hydrogens is 232 g/mol. The Balaban J connectivity index is 2.08. The van der Waals surface area contributed by atoms with Gasteiger partial charge >= 0.3 is 0 Å². The van der Waals surface area contributed by atoms with Crippen molar-refractivity contribution >= 4 is 5.91 Å². The maximum absolute atomic E-state index is 10.8. The van der Waals surface area contributed by atoms with Gasteiger partial charge in [-0.15, -0.1) is 0 Å². The van der Waals surface area contributed by atoms with Crippen molar-refractivity contribution in [2.24, 2.45) is 5.73 Å². The Morgan fingerprint density at radius 2 is 2.33 bits per heavy atom. The summed E-state index contributed by atoms with van der Waals surface area (Å²) in [6, 6.07) is 5.39. The van der Waals surface area contributed by atoms with E-state index in [1.165, 1.54) is 5.56 Å². The molecule has 1 aliphatic rings. The first-order valence-electron chi connectivity index (χ1n) is 6.10. The highest BCUT2D eigenvalue weighted by atomic mass is 16.3. The molecular formula is C13H18N2O3. The van der Waals surface area contributed by atoms with Crippen LogP contribution in [-0.4, -0.2) is 28.8 Å². The third kappa shape index (κ3) is 2.80. The second kappa shape index (κ2) is 5.37. The van der Waals surface area contributed by atoms with Crippen molar-refractivity contribution < 1.29 is 15.0 Å². The zero-order valence-corrected chi connectivity index (χ0v) is 10.1. The molecule has 1 amide bonds. The van der Waals surface area contributed by atoms with E-state index in [-0.39, 0.29) is 18.3 Å². The Morgan fingerprint density at radius 1 is 1.56 bits per heavy atom. The Hall–Kier alpha value is -1.59. The van der Waals surface area contributed by atoms with E-state index in [0.29, 0.717) is 0 Å². The number of hydrogen-bond acceptors (Lipinski definition) is 4. The molecule has 18 heavy (non-hydrogen) atoms. The first kappa shape index (κ1) is 12.9. The maximum atomic E-state index is 10.8. The fourth-order valence-corrected chi connectivity index (χ4v) is 2.35. The molecule has 0 saturated carbocycles. The molecule has 0 bridgehead atoms. The summed E-state index contributed by atoms with van der Waals surface area (Å²) >= 11 is 0. The molecule has 0 radical (unpaired) electrons. The number of phenols is 1. The fourth-order valence-electron chi connectivity index (χ4n) is 2.35. The van der Waals surface area contributed by atoms with Crippen LogP contribution in [0.4, 0.5) is 0 Å². The number of aliphatic hydroxyl groups excluding tert-OH is 1. The molecule has 1 aromatic carbocycles. The van der Waals surface area contributed by atoms with E-state index in [0.717, 1.165) is 24.8 Å². The van der Waals surface area contributed by atoms with Gasteiger partial charge in [-0.1, -0.05) is 6.07 Å². The summed E-state index contributed by atoms with van der Waals surface area (Å²) in [5.41, 5.74) is 7.24. The number of nitrogens with one attached hydrogen (secondary N) is 1. The lowest BCUT2D eigenvalue weighted by Gasteiger charge is -2.27. The summed E-state index contributed by atoms with van der Waals surface area (Å²) in [7, 11) is 0. The number of fused-ring (bicyclic) bond motifs is 1. The molecule has 98 valence electrons. The van der Waals surface area contributed by atoms with Crippen molar-refractivity contribution in [2.75, 3.05) is 6.54 Å². The second-order valence-corrected chi connectivity index (χ2v) is 4.65. The Bertz CT molecular complexity index is 448. The van der Waals surface area contributed by atoms with Gasteiger partial charge in [0, 0.05) is 12.6 Å². The van der Waals surface area contributed by atoms with Gasteiger partial charge in [0.1, 0.15) is 11.9 Å². The van der Waals surface area contributed by atoms with Gasteiger partial charge in [-0.25, -0.2) is 0 Å². The predicted molar refractivity (Wildman–Crippen MR) is 67.0 cm³/mol. The molecule has 5 heteroatoms. The van der Waals surface area contributed by atoms with E-state index in [2.05, 4.69) is 5.32 Å². The minimum absolute atomic E-state index is 0.0508. The molecule has 5 nitrogen and oxygen atoms in total. The van der Waals surface area contributed by atoms with Crippen molar-refractivity contribution in [1.29, 1.82) is 0 Å². The molecule has 0 heterocycles. The van der Waals surface area contributed by atoms with Crippen molar-refractivity contribution in [1.82, 2.24) is 5.32 Å². The van der Waals surface area contributed by atoms with Crippen LogP contribution in [0.2, 0.25) is 0 Å². The number of aryl methyl sites for hydroxylation is 1. The zero-order chi connectivity index (χ0) is 13.1. The molecule has 0 aromatic heterocycles. The number of primary amides is 1. The predicted octanol–water partition coefficient (Wildman–Crippen LogP) is 0.205. The van der Waals surface area contributed by atoms with E-state index < -0.39 is 12.0 Å². The second-order valence-electron chi connectivity index (χ2n) is 4.65. The molecule has 0 spiro atoms. The molecule has 0 fully saturated rings. The standard InChI is InChI=1S/C13H18N2O3/c14-13(18)12(17)7-15-11-3-1-2-8-4-5-9(16)6-10(8)11/h4-6,11-12,15-17H,1-3,7H2,(H2,14,18). The van der Waals surface area contributed by atoms with Crippen LogP contribution in [0.3, 0.4) is 0 Å². The molecule has 0 aliphatic heterocycles. The molecule has 1 aliphatic carbocycles. The molecule has 2 unspecified atom stereocenters. The van der Waals surface area contributed by atoms with Crippen LogP contribution < -0.4 is 11.1 Å². The van der Waals surface area contributed by atoms with Gasteiger partial charge in [-0.2, -0.15) is 0 Å². The number of rotatable bonds is 4. The van der Waals surface area contributed by atoms with Gasteiger partial charge in [-0.3, -0.25) is 4.79 Å². The molecule has 2 atom stereocenters. The first-order valence-corrected chi connectivity index (χ1v) is 6.10. The Kier molecular flexibility index (Phi) is 3.84. The van der Waals surface area contributed by atoms with Crippen molar-refractivity contribution in [3.8, 4) is 5.75 Å². The first-order chi connectivity index (χ1) is 8.58. The highest BCUT2D eigenvalue weighted by molar-refractivity contribution is 5.78. The van der Waals surface area contributed by atoms with Crippen LogP contribution in [0.15, 0.2) is 18.2 Å². The van der Waals surface area contributed by atoms with Crippen LogP contribution in [0, 0.1) is 0 Å². The number of carbonyl (C=O) groups excluding carboxylic acids is 1. The van der Waals surface area contributed by atoms with Crippen LogP contribution in [-0.2, 0) is 11.2 Å². The number of phenolic OH excluding ortho intramolecular Hbond substituents is 1. The summed E-state index contributed by atoms with van der Waals surface area (Å²) in [5, 5.41) is 22.0. The van der Waals surface area contributed by atoms with Crippen molar-refractivity contribution in [3.05, 3.63) is 29.3 Å². The van der Waals surface area contributed by atoms with Gasteiger partial charge in [0.25, 0.3) is 0 Å². The van der Waals surface area contributed by atoms with E-state index in [9.17, 15) is 15.0 Å². The number of carbonyl (C=O) groups is 1. The number of aliphatic hydroxyl groups is 1. The number of amides is 1. The van der Waals surface area contributed by atoms with Crippen LogP contribution in [0.25, 0.3) is 0 Å². The highest BCUT2D eigenvalue weighted by Gasteiger charge is 2.21. The number of aromatic hydroxyl groups is 1. The molecule has 2 rings (SSSR count). The van der Waals surface area contributed by atoms with E-state index in [4.69, 9.17) is 5.73 Å². The minimum Gasteiger partial charge on any atom is -0.508 e. The summed E-state index contributed by atoms with van der Waals surface area (Å²) in [5.74, 6) is -0.493. The topological polar surface area (TPSA) is 95.6 Å². The van der Waals surface area contributed by atoms with Crippen LogP contribution in [0.1, 0.15) is 30.0 Å². The summed E-state index contributed by atoms with van der Waals surface area (Å²) in [4.78, 5) is 10.8. The average Bonchev–Trinajstić information content (AvgIpc) is 2.35. The van der Waals surface area contributed by atoms with Gasteiger partial charge in [0.2, 0.25) is 5.91 Å². The summed E-state index contributed by atoms with van der Waals surface area (Å²) < 4.78 is 0. The normalized spacial score (nSPS) is 20.2. The van der Waals surface area contributed by atoms with E-state index in [1.54, 1.807) is 12.1 Å². The fraction of sp³-hybridized carbons (Fsp3) is 0.462. The number of nitrogens with two attached hydrogens (primary N) is 1. The Labute approximate surface area is 106 Å². The monoisotopic (exact) mass is 250 g/mol. The van der Waals surface area contributed by atoms with Gasteiger partial charge in [0.15, 0.2) is 0 Å². The van der Waals surface area contributed by atoms with Crippen LogP contribution >= 0.6 is 0 Å². The Morgan fingerprint density at radius 3 is 3.06 bits per heavy atom. The molecule has 5 N–H and O–H groups in total. The van der Waals surface area contributed by atoms with Gasteiger partial charge in [-0.05, 0) is 42.5 Å². The smallest absolute Gasteiger partial charge is 0.247 e. The molecule has 1 aromatic rings. The summed E-state index contributed by atoms with van der Waals surface area (Å²) in [6.45, 7) is 0.134. The third-order valence-electron chi connectivity index (χ3n) is 3.33. The lowest BCUT2D eigenvalue weighted by Crippen LogP contribution is -2.39. The SMILES string of the molecule is NC(=O)C(O)CNC1CCCc2ccc(O)cc21. The lowest BCUT2D eigenvalue weighted by molar-refractivity contribution is -0.125. The maximum Gasteiger partial charge on any atom is 0.247 e. The largest absolute Gasteiger partial charge is 0.508 e. The lowest BCUT2D eigenvalue weighted by atomic mass is 9.87. The third-order valence-corrected chi connectivity index (χ3v) is 3.33. The number of hydrogen-bond donors (Lipinski definition) is 4. The van der Waals surface area contributed by atoms with E-state index >= 15 is 0 Å². The van der Waals surface area contributed by atoms with Crippen molar-refractivity contribution in [3.63, 3.8) is 0 Å². The highest BCUT2D eigenvalue weighted by Crippen LogP contribution is 2.31. The van der Waals surface area contributed by atoms with Crippen molar-refractivity contribution in [2.45, 2.75) is 31.4 Å². The quantitative estimate of drug-likeness (QED) is 0.614. The van der Waals surface area contributed by atoms with Gasteiger partial charge in [0.05, 0.1) is 0 Å². The van der Waals surface area contributed by atoms with E-state index in [1.807, 2.05) is 6.07 Å². The average molecular weight is 250 g/mol. The summed E-state index contributed by atoms with van der Waals surface area (Å²) in [6.07, 6.45) is 1.78. The number of benzene rings is 1.